The second kappa shape index (κ2) is 6.85. The summed E-state index contributed by atoms with van der Waals surface area (Å²) in [7, 11) is 0. The van der Waals surface area contributed by atoms with E-state index in [2.05, 4.69) is 15.7 Å². The van der Waals surface area contributed by atoms with E-state index < -0.39 is 5.97 Å². The van der Waals surface area contributed by atoms with E-state index in [1.807, 2.05) is 5.01 Å². The summed E-state index contributed by atoms with van der Waals surface area (Å²) in [5, 5.41) is 13.2. The molecule has 1 aliphatic rings. The molecule has 108 valence electrons. The minimum absolute atomic E-state index is 0.125. The van der Waals surface area contributed by atoms with Crippen LogP contribution in [0.4, 0.5) is 10.5 Å². The molecule has 0 atom stereocenters. The van der Waals surface area contributed by atoms with Crippen LogP contribution in [0, 0.1) is 0 Å². The summed E-state index contributed by atoms with van der Waals surface area (Å²) in [5.41, 5.74) is 3.77. The van der Waals surface area contributed by atoms with Crippen molar-refractivity contribution in [1.29, 1.82) is 0 Å². The molecule has 1 aromatic heterocycles. The fourth-order valence-corrected chi connectivity index (χ4v) is 2.07. The molecule has 2 rings (SSSR count). The van der Waals surface area contributed by atoms with Crippen molar-refractivity contribution in [3.63, 3.8) is 0 Å². The lowest BCUT2D eigenvalue weighted by molar-refractivity contribution is -0.136. The second-order valence-corrected chi connectivity index (χ2v) is 4.72. The van der Waals surface area contributed by atoms with E-state index in [0.717, 1.165) is 25.9 Å². The Morgan fingerprint density at radius 3 is 2.60 bits per heavy atom. The number of amides is 2. The lowest BCUT2D eigenvalue weighted by atomic mass is 10.2. The molecule has 0 bridgehead atoms. The monoisotopic (exact) mass is 278 g/mol. The van der Waals surface area contributed by atoms with Gasteiger partial charge in [0.05, 0.1) is 24.0 Å². The maximum atomic E-state index is 11.8. The normalized spacial score (nSPS) is 15.6. The molecule has 2 amide bonds. The molecule has 1 aliphatic heterocycles. The van der Waals surface area contributed by atoms with Gasteiger partial charge in [0.2, 0.25) is 0 Å². The SMILES string of the molecule is O=C(O)Cc1ccc(NC(=O)NN2CCCCC2)cn1. The van der Waals surface area contributed by atoms with Gasteiger partial charge < -0.3 is 10.4 Å². The number of nitrogens with zero attached hydrogens (tertiary/aromatic N) is 2. The third-order valence-electron chi connectivity index (χ3n) is 3.03. The van der Waals surface area contributed by atoms with Crippen LogP contribution in [0.2, 0.25) is 0 Å². The summed E-state index contributed by atoms with van der Waals surface area (Å²) in [6, 6.07) is 2.92. The Balaban J connectivity index is 1.82. The molecule has 1 saturated heterocycles. The van der Waals surface area contributed by atoms with Crippen molar-refractivity contribution in [3.8, 4) is 0 Å². The highest BCUT2D eigenvalue weighted by Gasteiger charge is 2.12. The van der Waals surface area contributed by atoms with Crippen molar-refractivity contribution in [1.82, 2.24) is 15.4 Å². The van der Waals surface area contributed by atoms with E-state index in [4.69, 9.17) is 5.11 Å². The van der Waals surface area contributed by atoms with Crippen LogP contribution in [0.3, 0.4) is 0 Å². The lowest BCUT2D eigenvalue weighted by Gasteiger charge is -2.26. The van der Waals surface area contributed by atoms with Crippen molar-refractivity contribution in [3.05, 3.63) is 24.0 Å². The molecule has 20 heavy (non-hydrogen) atoms. The highest BCUT2D eigenvalue weighted by molar-refractivity contribution is 5.88. The number of aliphatic carboxylic acids is 1. The zero-order valence-electron chi connectivity index (χ0n) is 11.1. The maximum Gasteiger partial charge on any atom is 0.333 e. The van der Waals surface area contributed by atoms with E-state index >= 15 is 0 Å². The predicted octanol–water partition coefficient (Wildman–Crippen LogP) is 1.23. The average Bonchev–Trinajstić information content (AvgIpc) is 2.41. The largest absolute Gasteiger partial charge is 0.481 e. The van der Waals surface area contributed by atoms with E-state index in [-0.39, 0.29) is 12.5 Å². The van der Waals surface area contributed by atoms with Gasteiger partial charge in [0.15, 0.2) is 0 Å². The molecule has 0 aliphatic carbocycles. The van der Waals surface area contributed by atoms with Crippen LogP contribution in [-0.4, -0.2) is 40.2 Å². The Kier molecular flexibility index (Phi) is 4.89. The number of anilines is 1. The zero-order chi connectivity index (χ0) is 14.4. The molecule has 7 nitrogen and oxygen atoms in total. The molecule has 7 heteroatoms. The van der Waals surface area contributed by atoms with Crippen LogP contribution in [0.5, 0.6) is 0 Å². The fourth-order valence-electron chi connectivity index (χ4n) is 2.07. The molecule has 0 spiro atoms. The predicted molar refractivity (Wildman–Crippen MR) is 73.2 cm³/mol. The molecule has 0 radical (unpaired) electrons. The number of carboxylic acids is 1. The fraction of sp³-hybridized carbons (Fsp3) is 0.462. The molecule has 1 aromatic rings. The third-order valence-corrected chi connectivity index (χ3v) is 3.03. The van der Waals surface area contributed by atoms with Gasteiger partial charge in [-0.05, 0) is 25.0 Å². The molecule has 2 heterocycles. The standard InChI is InChI=1S/C13H18N4O3/c18-12(19)8-10-4-5-11(9-14-10)15-13(20)16-17-6-2-1-3-7-17/h4-5,9H,1-3,6-8H2,(H,18,19)(H2,15,16,20). The number of hydrogen-bond acceptors (Lipinski definition) is 4. The molecule has 1 fully saturated rings. The van der Waals surface area contributed by atoms with Crippen LogP contribution >= 0.6 is 0 Å². The molecule has 0 aromatic carbocycles. The van der Waals surface area contributed by atoms with Crippen LogP contribution in [0.1, 0.15) is 25.0 Å². The number of carbonyl (C=O) groups excluding carboxylic acids is 1. The molecule has 3 N–H and O–H groups in total. The quantitative estimate of drug-likeness (QED) is 0.770. The topological polar surface area (TPSA) is 94.6 Å². The van der Waals surface area contributed by atoms with Crippen molar-refractivity contribution < 1.29 is 14.7 Å². The third kappa shape index (κ3) is 4.51. The number of nitrogens with one attached hydrogen (secondary N) is 2. The summed E-state index contributed by atoms with van der Waals surface area (Å²) in [4.78, 5) is 26.3. The second-order valence-electron chi connectivity index (χ2n) is 4.72. The van der Waals surface area contributed by atoms with E-state index in [9.17, 15) is 9.59 Å². The molecular weight excluding hydrogens is 260 g/mol. The molecule has 0 unspecified atom stereocenters. The van der Waals surface area contributed by atoms with Crippen molar-refractivity contribution in [2.24, 2.45) is 0 Å². The minimum atomic E-state index is -0.930. The number of rotatable bonds is 4. The Morgan fingerprint density at radius 2 is 2.00 bits per heavy atom. The van der Waals surface area contributed by atoms with Gasteiger partial charge in [-0.2, -0.15) is 0 Å². The summed E-state index contributed by atoms with van der Waals surface area (Å²) in [6.07, 6.45) is 4.71. The number of carbonyl (C=O) groups is 2. The van der Waals surface area contributed by atoms with Gasteiger partial charge in [-0.25, -0.2) is 9.80 Å². The highest BCUT2D eigenvalue weighted by Crippen LogP contribution is 2.08. The number of piperidine rings is 1. The van der Waals surface area contributed by atoms with Crippen molar-refractivity contribution >= 4 is 17.7 Å². The van der Waals surface area contributed by atoms with Crippen molar-refractivity contribution in [2.75, 3.05) is 18.4 Å². The van der Waals surface area contributed by atoms with Crippen LogP contribution in [0.25, 0.3) is 0 Å². The zero-order valence-corrected chi connectivity index (χ0v) is 11.1. The first kappa shape index (κ1) is 14.3. The van der Waals surface area contributed by atoms with Crippen LogP contribution in [0.15, 0.2) is 18.3 Å². The summed E-state index contributed by atoms with van der Waals surface area (Å²) in [6.45, 7) is 1.73. The first-order chi connectivity index (χ1) is 9.63. The average molecular weight is 278 g/mol. The Hall–Kier alpha value is -2.15. The molecular formula is C13H18N4O3. The van der Waals surface area contributed by atoms with Crippen LogP contribution in [-0.2, 0) is 11.2 Å². The summed E-state index contributed by atoms with van der Waals surface area (Å²) >= 11 is 0. The Labute approximate surface area is 117 Å². The summed E-state index contributed by atoms with van der Waals surface area (Å²) < 4.78 is 0. The van der Waals surface area contributed by atoms with Gasteiger partial charge >= 0.3 is 12.0 Å². The van der Waals surface area contributed by atoms with Gasteiger partial charge in [-0.15, -0.1) is 0 Å². The minimum Gasteiger partial charge on any atom is -0.481 e. The van der Waals surface area contributed by atoms with Gasteiger partial charge in [0.25, 0.3) is 0 Å². The van der Waals surface area contributed by atoms with E-state index in [0.29, 0.717) is 11.4 Å². The Bertz CT molecular complexity index is 469. The Morgan fingerprint density at radius 1 is 1.25 bits per heavy atom. The first-order valence-corrected chi connectivity index (χ1v) is 6.63. The molecule has 0 saturated carbocycles. The van der Waals surface area contributed by atoms with E-state index in [1.165, 1.54) is 12.6 Å². The number of pyridine rings is 1. The number of urea groups is 1. The number of carboxylic acid groups (broad SMARTS) is 1. The lowest BCUT2D eigenvalue weighted by Crippen LogP contribution is -2.46. The highest BCUT2D eigenvalue weighted by atomic mass is 16.4. The number of hydrogen-bond donors (Lipinski definition) is 3. The smallest absolute Gasteiger partial charge is 0.333 e. The maximum absolute atomic E-state index is 11.8. The van der Waals surface area contributed by atoms with Gasteiger partial charge in [0, 0.05) is 13.1 Å². The summed E-state index contributed by atoms with van der Waals surface area (Å²) in [5.74, 6) is -0.930. The number of hydrazine groups is 1. The van der Waals surface area contributed by atoms with Gasteiger partial charge in [-0.1, -0.05) is 6.42 Å². The van der Waals surface area contributed by atoms with E-state index in [1.54, 1.807) is 12.1 Å². The van der Waals surface area contributed by atoms with Gasteiger partial charge in [-0.3, -0.25) is 15.2 Å². The van der Waals surface area contributed by atoms with Gasteiger partial charge in [0.1, 0.15) is 0 Å². The van der Waals surface area contributed by atoms with Crippen LogP contribution < -0.4 is 10.7 Å². The first-order valence-electron chi connectivity index (χ1n) is 6.63. The van der Waals surface area contributed by atoms with Crippen molar-refractivity contribution in [2.45, 2.75) is 25.7 Å². The number of aromatic nitrogens is 1.